The first-order chi connectivity index (χ1) is 15.1. The zero-order valence-corrected chi connectivity index (χ0v) is 18.4. The van der Waals surface area contributed by atoms with Crippen molar-refractivity contribution < 1.29 is 12.8 Å². The number of rotatable bonds is 10. The lowest BCUT2D eigenvalue weighted by molar-refractivity contribution is 0.572. The molecule has 0 bridgehead atoms. The van der Waals surface area contributed by atoms with Crippen molar-refractivity contribution in [2.24, 2.45) is 4.99 Å². The van der Waals surface area contributed by atoms with Gasteiger partial charge in [0.2, 0.25) is 5.89 Å². The Morgan fingerprint density at radius 3 is 2.45 bits per heavy atom. The van der Waals surface area contributed by atoms with Crippen LogP contribution in [0.2, 0.25) is 0 Å². The van der Waals surface area contributed by atoms with Gasteiger partial charge in [0.25, 0.3) is 0 Å². The lowest BCUT2D eigenvalue weighted by Gasteiger charge is -2.11. The van der Waals surface area contributed by atoms with E-state index in [1.54, 1.807) is 6.26 Å². The fourth-order valence-electron chi connectivity index (χ4n) is 2.99. The summed E-state index contributed by atoms with van der Waals surface area (Å²) in [7, 11) is -3.15. The number of guanidine groups is 1. The average Bonchev–Trinajstić information content (AvgIpc) is 3.25. The van der Waals surface area contributed by atoms with Gasteiger partial charge in [0.15, 0.2) is 15.8 Å². The van der Waals surface area contributed by atoms with Crippen LogP contribution in [0.25, 0.3) is 11.5 Å². The molecule has 0 amide bonds. The zero-order chi connectivity index (χ0) is 21.9. The Hall–Kier alpha value is -3.13. The van der Waals surface area contributed by atoms with Crippen molar-refractivity contribution in [3.05, 3.63) is 78.2 Å². The van der Waals surface area contributed by atoms with Gasteiger partial charge in [0.1, 0.15) is 12.0 Å². The molecule has 0 aliphatic carbocycles. The number of sulfone groups is 1. The molecule has 0 fully saturated rings. The molecule has 8 heteroatoms. The van der Waals surface area contributed by atoms with Crippen LogP contribution in [-0.2, 0) is 22.1 Å². The minimum Gasteiger partial charge on any atom is -0.444 e. The second-order valence-electron chi connectivity index (χ2n) is 7.06. The summed E-state index contributed by atoms with van der Waals surface area (Å²) in [6, 6.07) is 18.9. The van der Waals surface area contributed by atoms with Crippen molar-refractivity contribution >= 4 is 15.8 Å². The van der Waals surface area contributed by atoms with Crippen LogP contribution in [0.15, 0.2) is 76.3 Å². The molecule has 0 saturated heterocycles. The minimum atomic E-state index is -3.15. The van der Waals surface area contributed by atoms with E-state index in [4.69, 9.17) is 4.42 Å². The van der Waals surface area contributed by atoms with Gasteiger partial charge in [0, 0.05) is 18.7 Å². The van der Waals surface area contributed by atoms with Crippen LogP contribution in [0.1, 0.15) is 24.6 Å². The van der Waals surface area contributed by atoms with E-state index in [2.05, 4.69) is 20.6 Å². The Morgan fingerprint density at radius 2 is 1.74 bits per heavy atom. The lowest BCUT2D eigenvalue weighted by Crippen LogP contribution is -2.38. The zero-order valence-electron chi connectivity index (χ0n) is 17.6. The van der Waals surface area contributed by atoms with E-state index in [1.807, 2.05) is 67.6 Å². The number of aliphatic imine (C=N–C) groups is 1. The topological polar surface area (TPSA) is 96.6 Å². The maximum Gasteiger partial charge on any atom is 0.226 e. The third-order valence-electron chi connectivity index (χ3n) is 4.47. The van der Waals surface area contributed by atoms with Crippen molar-refractivity contribution in [3.8, 4) is 11.5 Å². The molecule has 0 spiro atoms. The average molecular weight is 441 g/mol. The Morgan fingerprint density at radius 1 is 1.03 bits per heavy atom. The Balaban J connectivity index is 1.48. The quantitative estimate of drug-likeness (QED) is 0.285. The van der Waals surface area contributed by atoms with Gasteiger partial charge in [-0.25, -0.2) is 18.4 Å². The van der Waals surface area contributed by atoms with E-state index in [9.17, 15) is 8.42 Å². The molecule has 2 aromatic carbocycles. The summed E-state index contributed by atoms with van der Waals surface area (Å²) in [4.78, 5) is 8.99. The molecule has 31 heavy (non-hydrogen) atoms. The summed E-state index contributed by atoms with van der Waals surface area (Å²) in [5, 5.41) is 6.34. The molecule has 0 aliphatic rings. The van der Waals surface area contributed by atoms with Crippen molar-refractivity contribution in [2.45, 2.75) is 25.6 Å². The maximum absolute atomic E-state index is 12.3. The van der Waals surface area contributed by atoms with Gasteiger partial charge in [0.05, 0.1) is 18.1 Å². The molecule has 2 N–H and O–H groups in total. The van der Waals surface area contributed by atoms with Crippen LogP contribution in [-0.4, -0.2) is 38.2 Å². The third kappa shape index (κ3) is 7.57. The number of oxazole rings is 1. The van der Waals surface area contributed by atoms with E-state index in [-0.39, 0.29) is 11.5 Å². The van der Waals surface area contributed by atoms with Gasteiger partial charge in [-0.05, 0) is 31.0 Å². The first-order valence-corrected chi connectivity index (χ1v) is 12.1. The minimum absolute atomic E-state index is 0.0674. The van der Waals surface area contributed by atoms with Gasteiger partial charge >= 0.3 is 0 Å². The molecular weight excluding hydrogens is 412 g/mol. The monoisotopic (exact) mass is 440 g/mol. The molecule has 164 valence electrons. The van der Waals surface area contributed by atoms with Crippen molar-refractivity contribution in [3.63, 3.8) is 0 Å². The summed E-state index contributed by atoms with van der Waals surface area (Å²) >= 11 is 0. The first kappa shape index (κ1) is 22.6. The molecular formula is C23H28N4O3S. The van der Waals surface area contributed by atoms with Crippen LogP contribution in [0.5, 0.6) is 0 Å². The number of nitrogens with one attached hydrogen (secondary N) is 2. The van der Waals surface area contributed by atoms with Crippen LogP contribution in [0.3, 0.4) is 0 Å². The fourth-order valence-corrected chi connectivity index (χ4v) is 4.42. The standard InChI is InChI=1S/C23H28N4O3S/c1-2-24-23(25-14-9-15-31(28,29)18-19-10-5-3-6-11-19)26-16-21-17-30-22(27-21)20-12-7-4-8-13-20/h3-8,10-13,17H,2,9,14-16,18H2,1H3,(H2,24,25,26). The normalized spacial score (nSPS) is 12.0. The number of aromatic nitrogens is 1. The Labute approximate surface area is 183 Å². The molecule has 1 heterocycles. The fraction of sp³-hybridized carbons (Fsp3) is 0.304. The predicted molar refractivity (Wildman–Crippen MR) is 123 cm³/mol. The van der Waals surface area contributed by atoms with Crippen molar-refractivity contribution in [1.29, 1.82) is 0 Å². The smallest absolute Gasteiger partial charge is 0.226 e. The van der Waals surface area contributed by atoms with E-state index in [0.717, 1.165) is 16.8 Å². The van der Waals surface area contributed by atoms with Gasteiger partial charge < -0.3 is 15.1 Å². The molecule has 0 atom stereocenters. The summed E-state index contributed by atoms with van der Waals surface area (Å²) < 4.78 is 30.2. The molecule has 0 aliphatic heterocycles. The molecule has 3 aromatic rings. The van der Waals surface area contributed by atoms with Gasteiger partial charge in [-0.15, -0.1) is 0 Å². The molecule has 0 saturated carbocycles. The molecule has 7 nitrogen and oxygen atoms in total. The summed E-state index contributed by atoms with van der Waals surface area (Å²) in [5.74, 6) is 1.37. The van der Waals surface area contributed by atoms with E-state index >= 15 is 0 Å². The van der Waals surface area contributed by atoms with Gasteiger partial charge in [-0.3, -0.25) is 0 Å². The Kier molecular flexibility index (Phi) is 8.23. The highest BCUT2D eigenvalue weighted by atomic mass is 32.2. The van der Waals surface area contributed by atoms with Gasteiger partial charge in [-0.2, -0.15) is 0 Å². The highest BCUT2D eigenvalue weighted by Crippen LogP contribution is 2.18. The van der Waals surface area contributed by atoms with E-state index in [0.29, 0.717) is 37.9 Å². The molecule has 0 radical (unpaired) electrons. The van der Waals surface area contributed by atoms with Crippen molar-refractivity contribution in [1.82, 2.24) is 15.6 Å². The van der Waals surface area contributed by atoms with Gasteiger partial charge in [-0.1, -0.05) is 48.5 Å². The highest BCUT2D eigenvalue weighted by molar-refractivity contribution is 7.90. The molecule has 0 unspecified atom stereocenters. The third-order valence-corrected chi connectivity index (χ3v) is 6.15. The number of hydrogen-bond donors (Lipinski definition) is 2. The lowest BCUT2D eigenvalue weighted by atomic mass is 10.2. The highest BCUT2D eigenvalue weighted by Gasteiger charge is 2.12. The van der Waals surface area contributed by atoms with Crippen LogP contribution < -0.4 is 10.6 Å². The second kappa shape index (κ2) is 11.3. The summed E-state index contributed by atoms with van der Waals surface area (Å²) in [5.41, 5.74) is 2.45. The number of benzene rings is 2. The van der Waals surface area contributed by atoms with Crippen LogP contribution in [0, 0.1) is 0 Å². The number of nitrogens with zero attached hydrogens (tertiary/aromatic N) is 2. The molecule has 3 rings (SSSR count). The van der Waals surface area contributed by atoms with Crippen LogP contribution >= 0.6 is 0 Å². The number of hydrogen-bond acceptors (Lipinski definition) is 5. The second-order valence-corrected chi connectivity index (χ2v) is 9.25. The maximum atomic E-state index is 12.3. The van der Waals surface area contributed by atoms with E-state index < -0.39 is 9.84 Å². The van der Waals surface area contributed by atoms with Crippen LogP contribution in [0.4, 0.5) is 0 Å². The molecule has 1 aromatic heterocycles. The predicted octanol–water partition coefficient (Wildman–Crippen LogP) is 3.40. The SMILES string of the molecule is CCNC(=NCc1coc(-c2ccccc2)n1)NCCCS(=O)(=O)Cc1ccccc1. The first-order valence-electron chi connectivity index (χ1n) is 10.3. The Bertz CT molecular complexity index is 1060. The summed E-state index contributed by atoms with van der Waals surface area (Å²) in [6.07, 6.45) is 2.10. The largest absolute Gasteiger partial charge is 0.444 e. The van der Waals surface area contributed by atoms with Crippen molar-refractivity contribution in [2.75, 3.05) is 18.8 Å². The summed E-state index contributed by atoms with van der Waals surface area (Å²) in [6.45, 7) is 3.54. The van der Waals surface area contributed by atoms with E-state index in [1.165, 1.54) is 0 Å².